The molecule has 0 saturated carbocycles. The monoisotopic (exact) mass is 413 g/mol. The molecular weight excluding hydrogens is 367 g/mol. The molecule has 0 radical (unpaired) electrons. The number of aliphatic hydroxyl groups excluding tert-OH is 3. The van der Waals surface area contributed by atoms with Crippen molar-refractivity contribution in [1.82, 2.24) is 0 Å². The van der Waals surface area contributed by atoms with Crippen molar-refractivity contribution >= 4 is 7.26 Å². The number of aliphatic hydroxyl groups is 3. The maximum absolute atomic E-state index is 9.31. The molecule has 0 aliphatic rings. The Labute approximate surface area is 175 Å². The van der Waals surface area contributed by atoms with Gasteiger partial charge in [-0.05, 0) is 59.5 Å². The fraction of sp³-hybridized carbons (Fsp3) is 0.750. The normalized spacial score (nSPS) is 13.1. The largest absolute Gasteiger partial charge is 0.396 e. The van der Waals surface area contributed by atoms with Crippen LogP contribution in [0.25, 0.3) is 0 Å². The number of rotatable bonds is 17. The lowest BCUT2D eigenvalue weighted by atomic mass is 10.1. The molecule has 3 N–H and O–H groups in total. The van der Waals surface area contributed by atoms with Crippen molar-refractivity contribution in [2.45, 2.75) is 72.6 Å². The van der Waals surface area contributed by atoms with E-state index in [1.807, 2.05) is 0 Å². The van der Waals surface area contributed by atoms with E-state index in [9.17, 15) is 15.3 Å². The van der Waals surface area contributed by atoms with Crippen molar-refractivity contribution in [2.24, 2.45) is 0 Å². The molecule has 0 saturated heterocycles. The van der Waals surface area contributed by atoms with Crippen LogP contribution >= 0.6 is 7.26 Å². The molecular formula is C24H46O3P+. The van der Waals surface area contributed by atoms with Crippen LogP contribution in [0.4, 0.5) is 0 Å². The van der Waals surface area contributed by atoms with Gasteiger partial charge in [0.15, 0.2) is 0 Å². The van der Waals surface area contributed by atoms with E-state index >= 15 is 0 Å². The van der Waals surface area contributed by atoms with Gasteiger partial charge in [0.1, 0.15) is 0 Å². The summed E-state index contributed by atoms with van der Waals surface area (Å²) in [6, 6.07) is 0. The van der Waals surface area contributed by atoms with E-state index < -0.39 is 7.26 Å². The Bertz CT molecular complexity index is 454. The molecule has 0 aliphatic heterocycles. The first-order chi connectivity index (χ1) is 13.4. The molecule has 0 fully saturated rings. The molecule has 0 aromatic heterocycles. The van der Waals surface area contributed by atoms with Crippen LogP contribution < -0.4 is 0 Å². The fourth-order valence-electron chi connectivity index (χ4n) is 3.52. The molecule has 0 aromatic rings. The van der Waals surface area contributed by atoms with Crippen LogP contribution in [0.15, 0.2) is 34.9 Å². The lowest BCUT2D eigenvalue weighted by Crippen LogP contribution is -2.14. The van der Waals surface area contributed by atoms with Gasteiger partial charge in [0.25, 0.3) is 0 Å². The summed E-state index contributed by atoms with van der Waals surface area (Å²) in [5, 5.41) is 27.9. The zero-order valence-electron chi connectivity index (χ0n) is 18.9. The second-order valence-electron chi connectivity index (χ2n) is 8.39. The Balaban J connectivity index is 4.74. The standard InChI is InChI=1S/C24H46O3P/c1-22(2)10-5-11-23(3)12-6-13-24(4)14-21-28(18-7-15-25,19-8-16-26)20-9-17-27/h10,12,14,25-27H,5-9,11,13,15-21H2,1-4H3/q+1. The summed E-state index contributed by atoms with van der Waals surface area (Å²) >= 11 is 0. The summed E-state index contributed by atoms with van der Waals surface area (Å²) in [5.74, 6) is 0. The van der Waals surface area contributed by atoms with Crippen LogP contribution in [0.1, 0.15) is 72.6 Å². The topological polar surface area (TPSA) is 60.7 Å². The highest BCUT2D eigenvalue weighted by molar-refractivity contribution is 7.76. The highest BCUT2D eigenvalue weighted by Gasteiger charge is 2.34. The molecule has 0 spiro atoms. The molecule has 0 heterocycles. The van der Waals surface area contributed by atoms with Crippen LogP contribution in [0.3, 0.4) is 0 Å². The Morgan fingerprint density at radius 3 is 1.50 bits per heavy atom. The van der Waals surface area contributed by atoms with Crippen LogP contribution in [0.5, 0.6) is 0 Å². The number of hydrogen-bond acceptors (Lipinski definition) is 3. The summed E-state index contributed by atoms with van der Waals surface area (Å²) in [5.41, 5.74) is 4.30. The minimum Gasteiger partial charge on any atom is -0.396 e. The van der Waals surface area contributed by atoms with E-state index in [0.29, 0.717) is 0 Å². The lowest BCUT2D eigenvalue weighted by molar-refractivity contribution is 0.292. The van der Waals surface area contributed by atoms with Crippen molar-refractivity contribution in [2.75, 3.05) is 44.5 Å². The molecule has 28 heavy (non-hydrogen) atoms. The van der Waals surface area contributed by atoms with Crippen molar-refractivity contribution in [3.63, 3.8) is 0 Å². The van der Waals surface area contributed by atoms with Gasteiger partial charge in [-0.25, -0.2) is 0 Å². The van der Waals surface area contributed by atoms with Crippen LogP contribution in [0.2, 0.25) is 0 Å². The first kappa shape index (κ1) is 27.5. The summed E-state index contributed by atoms with van der Waals surface area (Å²) < 4.78 is 0. The smallest absolute Gasteiger partial charge is 0.0776 e. The van der Waals surface area contributed by atoms with Crippen LogP contribution in [-0.2, 0) is 0 Å². The predicted molar refractivity (Wildman–Crippen MR) is 127 cm³/mol. The molecule has 0 amide bonds. The van der Waals surface area contributed by atoms with E-state index in [1.165, 1.54) is 16.7 Å². The fourth-order valence-corrected chi connectivity index (χ4v) is 7.87. The molecule has 0 aromatic carbocycles. The molecule has 0 aliphatic carbocycles. The summed E-state index contributed by atoms with van der Waals surface area (Å²) in [7, 11) is -1.25. The third kappa shape index (κ3) is 14.5. The Kier molecular flexibility index (Phi) is 17.1. The zero-order chi connectivity index (χ0) is 21.3. The minimum atomic E-state index is -1.25. The quantitative estimate of drug-likeness (QED) is 0.216. The van der Waals surface area contributed by atoms with Gasteiger partial charge in [0.2, 0.25) is 0 Å². The second-order valence-corrected chi connectivity index (χ2v) is 12.8. The van der Waals surface area contributed by atoms with Crippen molar-refractivity contribution in [3.8, 4) is 0 Å². The van der Waals surface area contributed by atoms with E-state index in [-0.39, 0.29) is 19.8 Å². The van der Waals surface area contributed by atoms with Crippen molar-refractivity contribution < 1.29 is 15.3 Å². The van der Waals surface area contributed by atoms with Gasteiger partial charge < -0.3 is 15.3 Å². The molecule has 0 unspecified atom stereocenters. The summed E-state index contributed by atoms with van der Waals surface area (Å²) in [6.45, 7) is 9.46. The maximum Gasteiger partial charge on any atom is 0.0776 e. The Morgan fingerprint density at radius 2 is 1.07 bits per heavy atom. The Hall–Kier alpha value is -0.470. The third-order valence-corrected chi connectivity index (χ3v) is 10.1. The van der Waals surface area contributed by atoms with E-state index in [4.69, 9.17) is 0 Å². The first-order valence-corrected chi connectivity index (χ1v) is 13.5. The average molecular weight is 414 g/mol. The van der Waals surface area contributed by atoms with Gasteiger partial charge in [-0.3, -0.25) is 0 Å². The molecule has 3 nitrogen and oxygen atoms in total. The number of hydrogen-bond donors (Lipinski definition) is 3. The van der Waals surface area contributed by atoms with Crippen molar-refractivity contribution in [1.29, 1.82) is 0 Å². The SMILES string of the molecule is CC(C)=CCCC(C)=CCCC(C)=CC[P+](CCCO)(CCCO)CCCO. The van der Waals surface area contributed by atoms with Crippen LogP contribution in [0, 0.1) is 0 Å². The van der Waals surface area contributed by atoms with E-state index in [0.717, 1.165) is 69.6 Å². The molecule has 0 bridgehead atoms. The lowest BCUT2D eigenvalue weighted by Gasteiger charge is -2.26. The molecule has 0 rings (SSSR count). The summed E-state index contributed by atoms with van der Waals surface area (Å²) in [6.07, 6.45) is 18.4. The van der Waals surface area contributed by atoms with Gasteiger partial charge in [0.05, 0.1) is 24.6 Å². The van der Waals surface area contributed by atoms with Gasteiger partial charge in [-0.2, -0.15) is 0 Å². The highest BCUT2D eigenvalue weighted by atomic mass is 31.2. The second kappa shape index (κ2) is 17.4. The van der Waals surface area contributed by atoms with E-state index in [2.05, 4.69) is 45.9 Å². The van der Waals surface area contributed by atoms with Gasteiger partial charge in [0, 0.05) is 46.3 Å². The van der Waals surface area contributed by atoms with Gasteiger partial charge >= 0.3 is 0 Å². The molecule has 4 heteroatoms. The first-order valence-electron chi connectivity index (χ1n) is 11.0. The minimum absolute atomic E-state index is 0.236. The van der Waals surface area contributed by atoms with E-state index in [1.54, 1.807) is 0 Å². The maximum atomic E-state index is 9.31. The zero-order valence-corrected chi connectivity index (χ0v) is 19.8. The predicted octanol–water partition coefficient (Wildman–Crippen LogP) is 5.57. The highest BCUT2D eigenvalue weighted by Crippen LogP contribution is 2.60. The molecule has 164 valence electrons. The van der Waals surface area contributed by atoms with Gasteiger partial charge in [-0.1, -0.05) is 28.9 Å². The molecule has 0 atom stereocenters. The number of allylic oxidation sites excluding steroid dienone is 6. The van der Waals surface area contributed by atoms with Crippen molar-refractivity contribution in [3.05, 3.63) is 34.9 Å². The Morgan fingerprint density at radius 1 is 0.643 bits per heavy atom. The third-order valence-electron chi connectivity index (χ3n) is 5.32. The summed E-state index contributed by atoms with van der Waals surface area (Å²) in [4.78, 5) is 0. The van der Waals surface area contributed by atoms with Gasteiger partial charge in [-0.15, -0.1) is 0 Å². The average Bonchev–Trinajstić information content (AvgIpc) is 2.66. The van der Waals surface area contributed by atoms with Crippen LogP contribution in [-0.4, -0.2) is 59.8 Å².